The molecule has 0 bridgehead atoms. The fraction of sp³-hybridized carbons (Fsp3) is 0.0667. The Balaban J connectivity index is 0.00000144. The van der Waals surface area contributed by atoms with E-state index in [2.05, 4.69) is 35.7 Å². The van der Waals surface area contributed by atoms with Gasteiger partial charge in [0.2, 0.25) is 0 Å². The van der Waals surface area contributed by atoms with Crippen LogP contribution in [0.1, 0.15) is 0 Å². The van der Waals surface area contributed by atoms with Gasteiger partial charge in [0, 0.05) is 17.9 Å². The summed E-state index contributed by atoms with van der Waals surface area (Å²) >= 11 is 0. The minimum absolute atomic E-state index is 0. The van der Waals surface area contributed by atoms with Gasteiger partial charge in [-0.25, -0.2) is 0 Å². The first-order valence-corrected chi connectivity index (χ1v) is 5.40. The molecule has 0 unspecified atom stereocenters. The summed E-state index contributed by atoms with van der Waals surface area (Å²) in [6, 6.07) is 20.7. The molecule has 0 aliphatic carbocycles. The van der Waals surface area contributed by atoms with Crippen LogP contribution in [-0.2, 0) is 0 Å². The second kappa shape index (κ2) is 6.51. The van der Waals surface area contributed by atoms with E-state index in [1.165, 1.54) is 11.4 Å². The maximum absolute atomic E-state index is 3.81. The molecule has 0 aromatic heterocycles. The van der Waals surface area contributed by atoms with Gasteiger partial charge >= 0.3 is 0 Å². The zero-order valence-corrected chi connectivity index (χ0v) is 9.92. The average molecular weight is 226 g/mol. The molecule has 0 amide bonds. The lowest BCUT2D eigenvalue weighted by Crippen LogP contribution is -2.16. The highest BCUT2D eigenvalue weighted by atomic mass is 15.1. The van der Waals surface area contributed by atoms with Crippen molar-refractivity contribution in [2.75, 3.05) is 11.4 Å². The molecule has 0 saturated carbocycles. The summed E-state index contributed by atoms with van der Waals surface area (Å²) in [6.45, 7) is 4.62. The molecule has 0 heterocycles. The molecule has 0 aliphatic rings. The summed E-state index contributed by atoms with van der Waals surface area (Å²) in [5.41, 5.74) is 2.38. The summed E-state index contributed by atoms with van der Waals surface area (Å²) in [4.78, 5) is 2.23. The Kier molecular flexibility index (Phi) is 4.98. The molecule has 2 aromatic carbocycles. The molecule has 0 spiro atoms. The Morgan fingerprint density at radius 2 is 1.24 bits per heavy atom. The molecule has 0 aliphatic heterocycles. The van der Waals surface area contributed by atoms with Crippen molar-refractivity contribution < 1.29 is 0 Å². The van der Waals surface area contributed by atoms with Crippen LogP contribution < -0.4 is 11.1 Å². The number of para-hydroxylation sites is 2. The number of nitrogens with zero attached hydrogens (tertiary/aromatic N) is 1. The quantitative estimate of drug-likeness (QED) is 0.794. The molecular formula is C15H18N2. The minimum Gasteiger partial charge on any atom is -0.344 e. The van der Waals surface area contributed by atoms with Crippen LogP contribution in [0.5, 0.6) is 0 Å². The van der Waals surface area contributed by atoms with Gasteiger partial charge in [-0.15, -0.1) is 6.58 Å². The van der Waals surface area contributed by atoms with Gasteiger partial charge in [-0.3, -0.25) is 0 Å². The van der Waals surface area contributed by atoms with Gasteiger partial charge in [0.1, 0.15) is 0 Å². The molecule has 0 radical (unpaired) electrons. The summed E-state index contributed by atoms with van der Waals surface area (Å²) in [7, 11) is 0. The fourth-order valence-corrected chi connectivity index (χ4v) is 1.70. The third kappa shape index (κ3) is 3.20. The molecule has 0 atom stereocenters. The van der Waals surface area contributed by atoms with Gasteiger partial charge in [0.15, 0.2) is 0 Å². The molecule has 88 valence electrons. The molecule has 3 N–H and O–H groups in total. The number of anilines is 2. The van der Waals surface area contributed by atoms with Crippen LogP contribution in [0.4, 0.5) is 11.4 Å². The van der Waals surface area contributed by atoms with Crippen LogP contribution in [-0.4, -0.2) is 6.54 Å². The molecular weight excluding hydrogens is 208 g/mol. The van der Waals surface area contributed by atoms with Gasteiger partial charge < -0.3 is 11.1 Å². The lowest BCUT2D eigenvalue weighted by Gasteiger charge is -2.23. The molecule has 2 aromatic rings. The van der Waals surface area contributed by atoms with Crippen molar-refractivity contribution in [3.8, 4) is 0 Å². The molecule has 2 heteroatoms. The van der Waals surface area contributed by atoms with Crippen molar-refractivity contribution in [1.82, 2.24) is 6.15 Å². The predicted octanol–water partition coefficient (Wildman–Crippen LogP) is 4.17. The number of benzene rings is 2. The van der Waals surface area contributed by atoms with E-state index in [1.807, 2.05) is 42.5 Å². The SMILES string of the molecule is C=CCN(c1ccccc1)c1ccccc1.N. The topological polar surface area (TPSA) is 38.2 Å². The minimum atomic E-state index is 0. The Bertz CT molecular complexity index is 397. The Labute approximate surface area is 103 Å². The van der Waals surface area contributed by atoms with Gasteiger partial charge in [0.25, 0.3) is 0 Å². The monoisotopic (exact) mass is 226 g/mol. The Morgan fingerprint density at radius 1 is 0.824 bits per heavy atom. The first-order valence-electron chi connectivity index (χ1n) is 5.40. The highest BCUT2D eigenvalue weighted by molar-refractivity contribution is 5.63. The molecule has 0 fully saturated rings. The van der Waals surface area contributed by atoms with E-state index in [4.69, 9.17) is 0 Å². The normalized spacial score (nSPS) is 9.18. The first kappa shape index (κ1) is 13.0. The average Bonchev–Trinajstić information content (AvgIpc) is 2.38. The second-order valence-corrected chi connectivity index (χ2v) is 3.57. The summed E-state index contributed by atoms with van der Waals surface area (Å²) in [5, 5.41) is 0. The highest BCUT2D eigenvalue weighted by Crippen LogP contribution is 2.24. The van der Waals surface area contributed by atoms with Crippen molar-refractivity contribution in [2.24, 2.45) is 0 Å². The smallest absolute Gasteiger partial charge is 0.0413 e. The number of rotatable bonds is 4. The van der Waals surface area contributed by atoms with Gasteiger partial charge in [0.05, 0.1) is 0 Å². The maximum atomic E-state index is 3.81. The van der Waals surface area contributed by atoms with Crippen molar-refractivity contribution in [3.05, 3.63) is 73.3 Å². The van der Waals surface area contributed by atoms with E-state index < -0.39 is 0 Å². The van der Waals surface area contributed by atoms with Gasteiger partial charge in [-0.1, -0.05) is 42.5 Å². The van der Waals surface area contributed by atoms with E-state index >= 15 is 0 Å². The van der Waals surface area contributed by atoms with Gasteiger partial charge in [-0.05, 0) is 24.3 Å². The Morgan fingerprint density at radius 3 is 1.59 bits per heavy atom. The molecule has 17 heavy (non-hydrogen) atoms. The second-order valence-electron chi connectivity index (χ2n) is 3.57. The maximum Gasteiger partial charge on any atom is 0.0413 e. The Hall–Kier alpha value is -2.06. The number of hydrogen-bond acceptors (Lipinski definition) is 2. The van der Waals surface area contributed by atoms with Crippen LogP contribution in [0.25, 0.3) is 0 Å². The van der Waals surface area contributed by atoms with Crippen molar-refractivity contribution in [3.63, 3.8) is 0 Å². The van der Waals surface area contributed by atoms with Crippen molar-refractivity contribution in [2.45, 2.75) is 0 Å². The van der Waals surface area contributed by atoms with Crippen LogP contribution in [0.15, 0.2) is 73.3 Å². The molecule has 2 rings (SSSR count). The lowest BCUT2D eigenvalue weighted by molar-refractivity contribution is 1.10. The summed E-state index contributed by atoms with van der Waals surface area (Å²) < 4.78 is 0. The van der Waals surface area contributed by atoms with E-state index in [1.54, 1.807) is 0 Å². The standard InChI is InChI=1S/C15H15N.H3N/c1-2-13-16(14-9-5-3-6-10-14)15-11-7-4-8-12-15;/h2-12H,1,13H2;1H3. The van der Waals surface area contributed by atoms with E-state index in [0.29, 0.717) is 0 Å². The lowest BCUT2D eigenvalue weighted by atomic mass is 10.2. The van der Waals surface area contributed by atoms with E-state index in [0.717, 1.165) is 6.54 Å². The van der Waals surface area contributed by atoms with Crippen LogP contribution in [0, 0.1) is 0 Å². The largest absolute Gasteiger partial charge is 0.344 e. The first-order chi connectivity index (χ1) is 7.92. The predicted molar refractivity (Wildman–Crippen MR) is 75.1 cm³/mol. The third-order valence-electron chi connectivity index (χ3n) is 2.45. The van der Waals surface area contributed by atoms with Crippen molar-refractivity contribution >= 4 is 11.4 Å². The van der Waals surface area contributed by atoms with E-state index in [-0.39, 0.29) is 6.15 Å². The molecule has 0 saturated heterocycles. The number of hydrogen-bond donors (Lipinski definition) is 1. The fourth-order valence-electron chi connectivity index (χ4n) is 1.70. The van der Waals surface area contributed by atoms with Crippen molar-refractivity contribution in [1.29, 1.82) is 0 Å². The van der Waals surface area contributed by atoms with Crippen LogP contribution in [0.2, 0.25) is 0 Å². The van der Waals surface area contributed by atoms with Crippen LogP contribution in [0.3, 0.4) is 0 Å². The zero-order chi connectivity index (χ0) is 11.2. The van der Waals surface area contributed by atoms with Crippen LogP contribution >= 0.6 is 0 Å². The van der Waals surface area contributed by atoms with E-state index in [9.17, 15) is 0 Å². The highest BCUT2D eigenvalue weighted by Gasteiger charge is 2.05. The summed E-state index contributed by atoms with van der Waals surface area (Å²) in [5.74, 6) is 0. The molecule has 2 nitrogen and oxygen atoms in total. The van der Waals surface area contributed by atoms with Gasteiger partial charge in [-0.2, -0.15) is 0 Å². The summed E-state index contributed by atoms with van der Waals surface area (Å²) in [6.07, 6.45) is 1.92. The third-order valence-corrected chi connectivity index (χ3v) is 2.45. The zero-order valence-electron chi connectivity index (χ0n) is 9.92.